The van der Waals surface area contributed by atoms with Gasteiger partial charge in [-0.15, -0.1) is 0 Å². The lowest BCUT2D eigenvalue weighted by Gasteiger charge is -2.19. The van der Waals surface area contributed by atoms with Crippen molar-refractivity contribution in [3.05, 3.63) is 182 Å². The average molecular weight is 687 g/mol. The Kier molecular flexibility index (Phi) is 6.09. The van der Waals surface area contributed by atoms with E-state index >= 15 is 0 Å². The van der Waals surface area contributed by atoms with Crippen molar-refractivity contribution in [2.45, 2.75) is 0 Å². The van der Waals surface area contributed by atoms with E-state index in [1.165, 1.54) is 49.2 Å². The quantitative estimate of drug-likeness (QED) is 0.173. The minimum absolute atomic E-state index is 0.841. The van der Waals surface area contributed by atoms with E-state index in [1.54, 1.807) is 0 Å². The molecule has 0 radical (unpaired) electrons. The van der Waals surface area contributed by atoms with Gasteiger partial charge in [0.1, 0.15) is 22.3 Å². The summed E-state index contributed by atoms with van der Waals surface area (Å²) in [6.07, 6.45) is 0. The summed E-state index contributed by atoms with van der Waals surface area (Å²) in [6, 6.07) is 65.4. The summed E-state index contributed by atoms with van der Waals surface area (Å²) in [4.78, 5) is 0. The molecule has 0 saturated carbocycles. The van der Waals surface area contributed by atoms with Crippen molar-refractivity contribution >= 4 is 87.0 Å². The second-order valence-electron chi connectivity index (χ2n) is 14.3. The van der Waals surface area contributed by atoms with Gasteiger partial charge in [0.15, 0.2) is 0 Å². The minimum Gasteiger partial charge on any atom is -0.455 e. The van der Waals surface area contributed by atoms with Crippen LogP contribution in [-0.2, 0) is 0 Å². The van der Waals surface area contributed by atoms with Gasteiger partial charge in [-0.2, -0.15) is 0 Å². The number of rotatable bonds is 3. The zero-order valence-electron chi connectivity index (χ0n) is 29.1. The van der Waals surface area contributed by atoms with Gasteiger partial charge in [-0.1, -0.05) is 164 Å². The Labute approximate surface area is 310 Å². The SMILES string of the molecule is c1ccc(-c2c3ccccc3c(-c3ccc(-c4c5oc6ccccc6c5cc5c4oc4c6ccccc6ccc54)c4ccccc34)c3ccccc23)cc1. The summed E-state index contributed by atoms with van der Waals surface area (Å²) in [7, 11) is 0. The predicted molar refractivity (Wildman–Crippen MR) is 227 cm³/mol. The van der Waals surface area contributed by atoms with Crippen molar-refractivity contribution in [1.29, 1.82) is 0 Å². The van der Waals surface area contributed by atoms with Crippen molar-refractivity contribution in [3.63, 3.8) is 0 Å². The summed E-state index contributed by atoms with van der Waals surface area (Å²) in [5.74, 6) is 0. The Morgan fingerprint density at radius 3 is 1.44 bits per heavy atom. The molecule has 2 aromatic heterocycles. The molecule has 2 heteroatoms. The highest BCUT2D eigenvalue weighted by atomic mass is 16.3. The highest BCUT2D eigenvalue weighted by Gasteiger charge is 2.25. The molecule has 0 unspecified atom stereocenters. The second-order valence-corrected chi connectivity index (χ2v) is 14.3. The van der Waals surface area contributed by atoms with Crippen molar-refractivity contribution in [2.75, 3.05) is 0 Å². The molecule has 54 heavy (non-hydrogen) atoms. The predicted octanol–water partition coefficient (Wildman–Crippen LogP) is 15.1. The van der Waals surface area contributed by atoms with Gasteiger partial charge >= 0.3 is 0 Å². The highest BCUT2D eigenvalue weighted by Crippen LogP contribution is 2.50. The molecule has 0 amide bonds. The van der Waals surface area contributed by atoms with Crippen molar-refractivity contribution in [3.8, 4) is 33.4 Å². The lowest BCUT2D eigenvalue weighted by Crippen LogP contribution is -1.92. The average Bonchev–Trinajstić information content (AvgIpc) is 3.80. The first-order valence-electron chi connectivity index (χ1n) is 18.5. The summed E-state index contributed by atoms with van der Waals surface area (Å²) in [5, 5.41) is 13.9. The van der Waals surface area contributed by atoms with Crippen LogP contribution in [0.25, 0.3) is 120 Å². The van der Waals surface area contributed by atoms with Gasteiger partial charge in [-0.05, 0) is 83.7 Å². The standard InChI is InChI=1S/C52H30O2/c1-2-15-32(16-3-1)47-37-21-8-10-23-39(37)48(40-24-11-9-22-38(40)47)41-28-29-42(35-19-7-6-18-34(35)41)49-51-44(36-20-12-13-25-46(36)53-51)30-45-43-27-26-31-14-4-5-17-33(31)50(43)54-52(45)49/h1-30H. The fraction of sp³-hybridized carbons (Fsp3) is 0. The maximum Gasteiger partial charge on any atom is 0.147 e. The molecule has 0 atom stereocenters. The van der Waals surface area contributed by atoms with Gasteiger partial charge in [-0.3, -0.25) is 0 Å². The first-order valence-corrected chi connectivity index (χ1v) is 18.5. The molecule has 0 aliphatic carbocycles. The van der Waals surface area contributed by atoms with Gasteiger partial charge in [0.05, 0.1) is 5.56 Å². The van der Waals surface area contributed by atoms with Crippen LogP contribution in [-0.4, -0.2) is 0 Å². The lowest BCUT2D eigenvalue weighted by molar-refractivity contribution is 0.660. The largest absolute Gasteiger partial charge is 0.455 e. The number of hydrogen-bond donors (Lipinski definition) is 0. The molecule has 0 fully saturated rings. The van der Waals surface area contributed by atoms with E-state index in [0.717, 1.165) is 71.2 Å². The van der Waals surface area contributed by atoms with Crippen LogP contribution < -0.4 is 0 Å². The first kappa shape index (κ1) is 29.4. The fourth-order valence-corrected chi connectivity index (χ4v) is 9.13. The molecule has 10 aromatic carbocycles. The van der Waals surface area contributed by atoms with Crippen LogP contribution in [0.1, 0.15) is 0 Å². The van der Waals surface area contributed by atoms with E-state index in [0.29, 0.717) is 0 Å². The molecule has 0 spiro atoms. The maximum absolute atomic E-state index is 7.03. The van der Waals surface area contributed by atoms with E-state index in [4.69, 9.17) is 8.83 Å². The van der Waals surface area contributed by atoms with E-state index in [-0.39, 0.29) is 0 Å². The number of furan rings is 2. The first-order chi connectivity index (χ1) is 26.8. The van der Waals surface area contributed by atoms with Crippen LogP contribution in [0.3, 0.4) is 0 Å². The highest BCUT2D eigenvalue weighted by molar-refractivity contribution is 6.28. The van der Waals surface area contributed by atoms with Gasteiger partial charge in [-0.25, -0.2) is 0 Å². The fourth-order valence-electron chi connectivity index (χ4n) is 9.13. The van der Waals surface area contributed by atoms with Gasteiger partial charge < -0.3 is 8.83 Å². The Balaban J connectivity index is 1.21. The van der Waals surface area contributed by atoms with Crippen molar-refractivity contribution < 1.29 is 8.83 Å². The van der Waals surface area contributed by atoms with E-state index in [2.05, 4.69) is 176 Å². The monoisotopic (exact) mass is 686 g/mol. The summed E-state index contributed by atoms with van der Waals surface area (Å²) in [5.41, 5.74) is 10.4. The van der Waals surface area contributed by atoms with E-state index in [9.17, 15) is 0 Å². The number of fused-ring (bicyclic) bond motifs is 11. The van der Waals surface area contributed by atoms with Crippen LogP contribution in [0.5, 0.6) is 0 Å². The normalized spacial score (nSPS) is 12.1. The molecular weight excluding hydrogens is 657 g/mol. The molecule has 0 bridgehead atoms. The van der Waals surface area contributed by atoms with Crippen molar-refractivity contribution in [2.24, 2.45) is 0 Å². The van der Waals surface area contributed by atoms with Crippen molar-refractivity contribution in [1.82, 2.24) is 0 Å². The summed E-state index contributed by atoms with van der Waals surface area (Å²) >= 11 is 0. The Morgan fingerprint density at radius 2 is 0.759 bits per heavy atom. The zero-order chi connectivity index (χ0) is 35.3. The minimum atomic E-state index is 0.841. The van der Waals surface area contributed by atoms with Crippen LogP contribution in [0.2, 0.25) is 0 Å². The molecular formula is C52H30O2. The molecule has 0 saturated heterocycles. The molecule has 250 valence electrons. The van der Waals surface area contributed by atoms with Gasteiger partial charge in [0, 0.05) is 26.9 Å². The van der Waals surface area contributed by atoms with Gasteiger partial charge in [0.2, 0.25) is 0 Å². The molecule has 0 N–H and O–H groups in total. The molecule has 12 rings (SSSR count). The summed E-state index contributed by atoms with van der Waals surface area (Å²) in [6.45, 7) is 0. The zero-order valence-corrected chi connectivity index (χ0v) is 29.1. The third-order valence-electron chi connectivity index (χ3n) is 11.5. The lowest BCUT2D eigenvalue weighted by atomic mass is 9.83. The molecule has 2 nitrogen and oxygen atoms in total. The van der Waals surface area contributed by atoms with E-state index < -0.39 is 0 Å². The van der Waals surface area contributed by atoms with Crippen LogP contribution in [0, 0.1) is 0 Å². The smallest absolute Gasteiger partial charge is 0.147 e. The van der Waals surface area contributed by atoms with E-state index in [1.807, 2.05) is 6.07 Å². The number of hydrogen-bond acceptors (Lipinski definition) is 2. The Morgan fingerprint density at radius 1 is 0.259 bits per heavy atom. The van der Waals surface area contributed by atoms with Crippen LogP contribution in [0.4, 0.5) is 0 Å². The molecule has 12 aromatic rings. The summed E-state index contributed by atoms with van der Waals surface area (Å²) < 4.78 is 13.8. The topological polar surface area (TPSA) is 26.3 Å². The van der Waals surface area contributed by atoms with Gasteiger partial charge in [0.25, 0.3) is 0 Å². The maximum atomic E-state index is 7.03. The Hall–Kier alpha value is -7.16. The second kappa shape index (κ2) is 11.2. The molecule has 0 aliphatic heterocycles. The van der Waals surface area contributed by atoms with Crippen LogP contribution in [0.15, 0.2) is 191 Å². The molecule has 0 aliphatic rings. The third kappa shape index (κ3) is 4.05. The van der Waals surface area contributed by atoms with Crippen LogP contribution >= 0.6 is 0 Å². The number of para-hydroxylation sites is 1. The Bertz CT molecular complexity index is 3430. The molecule has 2 heterocycles. The third-order valence-corrected chi connectivity index (χ3v) is 11.5. The number of benzene rings is 10.